The Hall–Kier alpha value is -3.30. The molecule has 7 nitrogen and oxygen atoms in total. The number of nitrogens with zero attached hydrogens (tertiary/aromatic N) is 3. The molecule has 0 unspecified atom stereocenters. The molecule has 0 aliphatic carbocycles. The van der Waals surface area contributed by atoms with Crippen LogP contribution in [-0.4, -0.2) is 26.0 Å². The van der Waals surface area contributed by atoms with E-state index in [4.69, 9.17) is 4.52 Å². The van der Waals surface area contributed by atoms with Crippen molar-refractivity contribution in [1.29, 1.82) is 0 Å². The van der Waals surface area contributed by atoms with E-state index >= 15 is 0 Å². The Morgan fingerprint density at radius 3 is 2.97 bits per heavy atom. The number of hydrogen-bond donors (Lipinski definition) is 2. The zero-order chi connectivity index (χ0) is 20.3. The summed E-state index contributed by atoms with van der Waals surface area (Å²) in [6, 6.07) is 12.0. The van der Waals surface area contributed by atoms with Crippen LogP contribution in [0.3, 0.4) is 0 Å². The van der Waals surface area contributed by atoms with E-state index < -0.39 is 0 Å². The Labute approximate surface area is 179 Å². The lowest BCUT2D eigenvalue weighted by Crippen LogP contribution is -2.11. The zero-order valence-electron chi connectivity index (χ0n) is 15.8. The van der Waals surface area contributed by atoms with Crippen molar-refractivity contribution >= 4 is 44.6 Å². The van der Waals surface area contributed by atoms with Gasteiger partial charge in [-0.3, -0.25) is 4.79 Å². The number of H-pyrrole nitrogens is 1. The molecule has 0 aliphatic rings. The standard InChI is InChI=1S/C21H17N5O2S2/c27-18(8-3-9-19-25-20(26-28-19)17-7-4-10-29-17)24-21-23-16(12-30-21)14-11-22-15-6-2-1-5-13(14)15/h1-2,4-7,10-12,22H,3,8-9H2,(H,23,24,27). The molecule has 0 bridgehead atoms. The Kier molecular flexibility index (Phi) is 5.12. The molecule has 150 valence electrons. The van der Waals surface area contributed by atoms with Gasteiger partial charge >= 0.3 is 0 Å². The highest BCUT2D eigenvalue weighted by molar-refractivity contribution is 7.14. The largest absolute Gasteiger partial charge is 0.360 e. The molecule has 30 heavy (non-hydrogen) atoms. The molecule has 0 spiro atoms. The number of fused-ring (bicyclic) bond motifs is 1. The molecule has 2 N–H and O–H groups in total. The Balaban J connectivity index is 1.16. The molecule has 0 saturated heterocycles. The van der Waals surface area contributed by atoms with Crippen LogP contribution in [0.25, 0.3) is 32.9 Å². The third kappa shape index (κ3) is 3.89. The van der Waals surface area contributed by atoms with Crippen LogP contribution in [0.2, 0.25) is 0 Å². The molecular weight excluding hydrogens is 418 g/mol. The van der Waals surface area contributed by atoms with E-state index in [1.165, 1.54) is 11.3 Å². The van der Waals surface area contributed by atoms with Crippen molar-refractivity contribution in [3.63, 3.8) is 0 Å². The van der Waals surface area contributed by atoms with Gasteiger partial charge in [-0.2, -0.15) is 4.98 Å². The fourth-order valence-electron chi connectivity index (χ4n) is 3.18. The predicted molar refractivity (Wildman–Crippen MR) is 119 cm³/mol. The van der Waals surface area contributed by atoms with Crippen molar-refractivity contribution in [2.75, 3.05) is 5.32 Å². The summed E-state index contributed by atoms with van der Waals surface area (Å²) in [4.78, 5) is 25.5. The summed E-state index contributed by atoms with van der Waals surface area (Å²) in [6.07, 6.45) is 3.49. The van der Waals surface area contributed by atoms with Gasteiger partial charge in [0.1, 0.15) is 0 Å². The SMILES string of the molecule is O=C(CCCc1nc(-c2cccs2)no1)Nc1nc(-c2c[nH]c3ccccc23)cs1. The molecule has 4 aromatic heterocycles. The van der Waals surface area contributed by atoms with Crippen LogP contribution in [0.5, 0.6) is 0 Å². The third-order valence-corrected chi connectivity index (χ3v) is 6.24. The quantitative estimate of drug-likeness (QED) is 0.358. The van der Waals surface area contributed by atoms with Gasteiger partial charge in [0, 0.05) is 40.9 Å². The van der Waals surface area contributed by atoms with Crippen molar-refractivity contribution < 1.29 is 9.32 Å². The summed E-state index contributed by atoms with van der Waals surface area (Å²) in [5.74, 6) is 1.06. The molecule has 0 saturated carbocycles. The van der Waals surface area contributed by atoms with Crippen LogP contribution >= 0.6 is 22.7 Å². The lowest BCUT2D eigenvalue weighted by Gasteiger charge is -2.00. The van der Waals surface area contributed by atoms with Gasteiger partial charge in [0.15, 0.2) is 5.13 Å². The number of aryl methyl sites for hydroxylation is 1. The molecule has 9 heteroatoms. The number of hydrogen-bond acceptors (Lipinski definition) is 7. The van der Waals surface area contributed by atoms with Crippen molar-refractivity contribution in [3.05, 3.63) is 59.2 Å². The summed E-state index contributed by atoms with van der Waals surface area (Å²) in [5.41, 5.74) is 2.94. The second-order valence-electron chi connectivity index (χ2n) is 6.68. The molecule has 0 aliphatic heterocycles. The molecule has 0 fully saturated rings. The first kappa shape index (κ1) is 18.7. The summed E-state index contributed by atoms with van der Waals surface area (Å²) in [6.45, 7) is 0. The fraction of sp³-hybridized carbons (Fsp3) is 0.143. The smallest absolute Gasteiger partial charge is 0.226 e. The number of benzene rings is 1. The van der Waals surface area contributed by atoms with Crippen molar-refractivity contribution in [3.8, 4) is 22.0 Å². The van der Waals surface area contributed by atoms with E-state index in [2.05, 4.69) is 31.5 Å². The monoisotopic (exact) mass is 435 g/mol. The number of amides is 1. The molecule has 4 heterocycles. The number of carbonyl (C=O) groups is 1. The number of aromatic nitrogens is 4. The van der Waals surface area contributed by atoms with Crippen LogP contribution < -0.4 is 5.32 Å². The first-order valence-electron chi connectivity index (χ1n) is 9.44. The lowest BCUT2D eigenvalue weighted by atomic mass is 10.1. The molecule has 5 aromatic rings. The van der Waals surface area contributed by atoms with E-state index in [0.29, 0.717) is 36.1 Å². The number of thiophene rings is 1. The summed E-state index contributed by atoms with van der Waals surface area (Å²) in [7, 11) is 0. The highest BCUT2D eigenvalue weighted by Crippen LogP contribution is 2.31. The first-order chi connectivity index (χ1) is 14.8. The number of aromatic amines is 1. The third-order valence-electron chi connectivity index (χ3n) is 4.62. The number of anilines is 1. The van der Waals surface area contributed by atoms with Gasteiger partial charge in [-0.25, -0.2) is 4.98 Å². The molecule has 5 rings (SSSR count). The Bertz CT molecular complexity index is 1290. The lowest BCUT2D eigenvalue weighted by molar-refractivity contribution is -0.116. The van der Waals surface area contributed by atoms with E-state index in [9.17, 15) is 4.79 Å². The normalized spacial score (nSPS) is 11.2. The maximum atomic E-state index is 12.3. The van der Waals surface area contributed by atoms with Crippen molar-refractivity contribution in [2.45, 2.75) is 19.3 Å². The van der Waals surface area contributed by atoms with E-state index in [-0.39, 0.29) is 5.91 Å². The van der Waals surface area contributed by atoms with Gasteiger partial charge in [-0.1, -0.05) is 29.4 Å². The average molecular weight is 436 g/mol. The average Bonchev–Trinajstić information content (AvgIpc) is 3.53. The predicted octanol–water partition coefficient (Wildman–Crippen LogP) is 5.36. The van der Waals surface area contributed by atoms with Gasteiger partial charge in [0.2, 0.25) is 17.6 Å². The van der Waals surface area contributed by atoms with Crippen molar-refractivity contribution in [2.24, 2.45) is 0 Å². The minimum Gasteiger partial charge on any atom is -0.360 e. The van der Waals surface area contributed by atoms with Crippen LogP contribution in [0.15, 0.2) is 57.9 Å². The van der Waals surface area contributed by atoms with E-state index in [0.717, 1.165) is 27.0 Å². The maximum Gasteiger partial charge on any atom is 0.226 e. The second-order valence-corrected chi connectivity index (χ2v) is 8.48. The minimum absolute atomic E-state index is 0.0761. The number of thiazole rings is 1. The number of carbonyl (C=O) groups excluding carboxylic acids is 1. The molecule has 1 aromatic carbocycles. The molecule has 1 amide bonds. The Morgan fingerprint density at radius 1 is 1.13 bits per heavy atom. The van der Waals surface area contributed by atoms with Crippen LogP contribution in [-0.2, 0) is 11.2 Å². The van der Waals surface area contributed by atoms with Gasteiger partial charge in [-0.15, -0.1) is 22.7 Å². The van der Waals surface area contributed by atoms with Crippen LogP contribution in [0.1, 0.15) is 18.7 Å². The highest BCUT2D eigenvalue weighted by Gasteiger charge is 2.13. The number of para-hydroxylation sites is 1. The van der Waals surface area contributed by atoms with Gasteiger partial charge in [0.25, 0.3) is 0 Å². The van der Waals surface area contributed by atoms with Crippen LogP contribution in [0, 0.1) is 0 Å². The van der Waals surface area contributed by atoms with Gasteiger partial charge in [-0.05, 0) is 23.9 Å². The highest BCUT2D eigenvalue weighted by atomic mass is 32.1. The molecular formula is C21H17N5O2S2. The number of nitrogens with one attached hydrogen (secondary N) is 2. The second kappa shape index (κ2) is 8.21. The number of rotatable bonds is 7. The summed E-state index contributed by atoms with van der Waals surface area (Å²) < 4.78 is 5.27. The summed E-state index contributed by atoms with van der Waals surface area (Å²) >= 11 is 2.98. The minimum atomic E-state index is -0.0761. The molecule has 0 atom stereocenters. The van der Waals surface area contributed by atoms with E-state index in [1.54, 1.807) is 11.3 Å². The van der Waals surface area contributed by atoms with E-state index in [1.807, 2.05) is 47.3 Å². The summed E-state index contributed by atoms with van der Waals surface area (Å²) in [5, 5.41) is 12.5. The molecule has 0 radical (unpaired) electrons. The zero-order valence-corrected chi connectivity index (χ0v) is 17.4. The van der Waals surface area contributed by atoms with Gasteiger partial charge < -0.3 is 14.8 Å². The first-order valence-corrected chi connectivity index (χ1v) is 11.2. The maximum absolute atomic E-state index is 12.3. The Morgan fingerprint density at radius 2 is 2.07 bits per heavy atom. The van der Waals surface area contributed by atoms with Crippen molar-refractivity contribution in [1.82, 2.24) is 20.1 Å². The van der Waals surface area contributed by atoms with Crippen LogP contribution in [0.4, 0.5) is 5.13 Å². The van der Waals surface area contributed by atoms with Gasteiger partial charge in [0.05, 0.1) is 10.6 Å². The fourth-order valence-corrected chi connectivity index (χ4v) is 4.56. The topological polar surface area (TPSA) is 96.7 Å².